The Labute approximate surface area is 212 Å². The molecule has 0 fully saturated rings. The van der Waals surface area contributed by atoms with Gasteiger partial charge in [0, 0.05) is 31.2 Å². The van der Waals surface area contributed by atoms with E-state index in [0.29, 0.717) is 5.11 Å². The zero-order valence-electron chi connectivity index (χ0n) is 18.8. The van der Waals surface area contributed by atoms with Gasteiger partial charge < -0.3 is 15.3 Å². The number of benzene rings is 1. The average molecular weight is 511 g/mol. The van der Waals surface area contributed by atoms with Crippen molar-refractivity contribution in [1.82, 2.24) is 25.6 Å². The van der Waals surface area contributed by atoms with Crippen LogP contribution in [0.15, 0.2) is 55.0 Å². The number of rotatable bonds is 6. The summed E-state index contributed by atoms with van der Waals surface area (Å²) in [6.07, 6.45) is 6.82. The van der Waals surface area contributed by atoms with Crippen LogP contribution in [-0.4, -0.2) is 50.6 Å². The van der Waals surface area contributed by atoms with Crippen molar-refractivity contribution in [2.75, 3.05) is 19.0 Å². The number of carboxylic acids is 1. The summed E-state index contributed by atoms with van der Waals surface area (Å²) in [6, 6.07) is 11.5. The molecule has 4 rings (SSSR count). The highest BCUT2D eigenvalue weighted by atomic mass is 35.5. The first kappa shape index (κ1) is 24.4. The number of fused-ring (bicyclic) bond motifs is 2. The molecule has 4 N–H and O–H groups in total. The minimum Gasteiger partial charge on any atom is -0.480 e. The lowest BCUT2D eigenvalue weighted by atomic mass is 9.96. The third-order valence-corrected chi connectivity index (χ3v) is 6.17. The lowest BCUT2D eigenvalue weighted by Crippen LogP contribution is -2.41. The number of carbonyl (C=O) groups excluding carboxylic acids is 1. The molecule has 1 unspecified atom stereocenters. The van der Waals surface area contributed by atoms with Crippen LogP contribution in [0.5, 0.6) is 0 Å². The molecular weight excluding hydrogens is 488 g/mol. The van der Waals surface area contributed by atoms with Crippen LogP contribution >= 0.6 is 23.8 Å². The fraction of sp³-hybridized carbons (Fsp3) is 0.208. The third-order valence-electron chi connectivity index (χ3n) is 5.66. The van der Waals surface area contributed by atoms with Gasteiger partial charge in [-0.3, -0.25) is 25.4 Å². The van der Waals surface area contributed by atoms with Gasteiger partial charge in [0.15, 0.2) is 10.9 Å². The van der Waals surface area contributed by atoms with E-state index < -0.39 is 18.4 Å². The molecule has 1 atom stereocenters. The molecule has 3 aromatic rings. The summed E-state index contributed by atoms with van der Waals surface area (Å²) in [7, 11) is 1.39. The maximum absolute atomic E-state index is 12.4. The Morgan fingerprint density at radius 3 is 2.66 bits per heavy atom. The van der Waals surface area contributed by atoms with Crippen molar-refractivity contribution >= 4 is 46.6 Å². The Balaban J connectivity index is 1.46. The number of aromatic nitrogens is 2. The smallest absolute Gasteiger partial charge is 0.323 e. The summed E-state index contributed by atoms with van der Waals surface area (Å²) in [5.74, 6) is -1.35. The number of nitrogens with zero attached hydrogens (tertiary/aromatic N) is 3. The highest BCUT2D eigenvalue weighted by molar-refractivity contribution is 7.80. The summed E-state index contributed by atoms with van der Waals surface area (Å²) in [6.45, 7) is -0.430. The monoisotopic (exact) mass is 510 g/mol. The van der Waals surface area contributed by atoms with Crippen molar-refractivity contribution < 1.29 is 14.7 Å². The number of carbonyl (C=O) groups is 2. The summed E-state index contributed by atoms with van der Waals surface area (Å²) in [5, 5.41) is 12.7. The maximum atomic E-state index is 12.4. The molecule has 0 bridgehead atoms. The number of thiocarbonyl (C=S) groups is 1. The first-order chi connectivity index (χ1) is 16.8. The van der Waals surface area contributed by atoms with Crippen molar-refractivity contribution in [1.29, 1.82) is 0 Å². The molecule has 35 heavy (non-hydrogen) atoms. The number of amides is 1. The number of carboxylic acid groups (broad SMARTS) is 1. The normalized spacial score (nSPS) is 14.1. The van der Waals surface area contributed by atoms with Gasteiger partial charge >= 0.3 is 5.97 Å². The number of anilines is 1. The fourth-order valence-electron chi connectivity index (χ4n) is 3.98. The maximum Gasteiger partial charge on any atom is 0.323 e. The molecule has 9 nitrogen and oxygen atoms in total. The Hall–Kier alpha value is -3.76. The number of aryl methyl sites for hydroxylation is 2. The number of hydrazine groups is 1. The number of hydrogen-bond acceptors (Lipinski definition) is 6. The molecule has 1 aliphatic carbocycles. The van der Waals surface area contributed by atoms with Crippen molar-refractivity contribution in [2.45, 2.75) is 18.9 Å². The van der Waals surface area contributed by atoms with Gasteiger partial charge in [0.2, 0.25) is 0 Å². The number of likely N-dealkylation sites (N-methyl/N-ethyl adjacent to an activating group) is 1. The van der Waals surface area contributed by atoms with E-state index in [2.05, 4.69) is 38.3 Å². The van der Waals surface area contributed by atoms with E-state index in [1.165, 1.54) is 30.4 Å². The average Bonchev–Trinajstić information content (AvgIpc) is 2.99. The van der Waals surface area contributed by atoms with Gasteiger partial charge in [-0.1, -0.05) is 35.9 Å². The first-order valence-corrected chi connectivity index (χ1v) is 11.6. The second-order valence-electron chi connectivity index (χ2n) is 8.04. The molecular formula is C24H23ClN6O3S. The van der Waals surface area contributed by atoms with E-state index in [1.54, 1.807) is 6.20 Å². The minimum absolute atomic E-state index is 0.171. The fourth-order valence-corrected chi connectivity index (χ4v) is 4.37. The standard InChI is InChI=1S/C24H23ClN6O3S/c1-31(13-20(32)33)23(34)16-10-19(25)22(27-11-16)29-30-24(35)28-21-17-5-3-2-4-14(17)6-7-15-8-9-26-12-18(15)21/h2-5,8-12,21H,6-7,13H2,1H3,(H,27,29)(H,32,33)(H2,28,30,35). The van der Waals surface area contributed by atoms with Crippen molar-refractivity contribution in [3.05, 3.63) is 87.8 Å². The molecule has 0 aliphatic heterocycles. The van der Waals surface area contributed by atoms with Crippen LogP contribution in [0.2, 0.25) is 5.02 Å². The Morgan fingerprint density at radius 1 is 1.17 bits per heavy atom. The van der Waals surface area contributed by atoms with Gasteiger partial charge in [-0.25, -0.2) is 4.98 Å². The molecule has 180 valence electrons. The van der Waals surface area contributed by atoms with Crippen LogP contribution in [0.25, 0.3) is 0 Å². The topological polar surface area (TPSA) is 119 Å². The molecule has 2 heterocycles. The van der Waals surface area contributed by atoms with Crippen LogP contribution < -0.4 is 16.2 Å². The number of aliphatic carboxylic acids is 1. The Morgan fingerprint density at radius 2 is 1.91 bits per heavy atom. The second kappa shape index (κ2) is 10.7. The van der Waals surface area contributed by atoms with Gasteiger partial charge in [0.25, 0.3) is 5.91 Å². The van der Waals surface area contributed by atoms with Crippen molar-refractivity contribution in [3.8, 4) is 0 Å². The van der Waals surface area contributed by atoms with E-state index in [1.807, 2.05) is 24.4 Å². The molecule has 0 spiro atoms. The molecule has 0 saturated carbocycles. The Kier molecular flexibility index (Phi) is 7.42. The van der Waals surface area contributed by atoms with E-state index in [0.717, 1.165) is 28.9 Å². The molecule has 0 saturated heterocycles. The summed E-state index contributed by atoms with van der Waals surface area (Å²) < 4.78 is 0. The predicted octanol–water partition coefficient (Wildman–Crippen LogP) is 2.97. The highest BCUT2D eigenvalue weighted by Crippen LogP contribution is 2.32. The van der Waals surface area contributed by atoms with Crippen LogP contribution in [0.1, 0.15) is 38.7 Å². The third kappa shape index (κ3) is 5.67. The number of halogens is 1. The van der Waals surface area contributed by atoms with E-state index >= 15 is 0 Å². The first-order valence-electron chi connectivity index (χ1n) is 10.8. The van der Waals surface area contributed by atoms with Crippen molar-refractivity contribution in [2.24, 2.45) is 0 Å². The molecule has 2 aromatic heterocycles. The highest BCUT2D eigenvalue weighted by Gasteiger charge is 2.24. The molecule has 1 aromatic carbocycles. The van der Waals surface area contributed by atoms with Gasteiger partial charge in [-0.05, 0) is 53.9 Å². The van der Waals surface area contributed by atoms with E-state index in [4.69, 9.17) is 28.9 Å². The number of nitrogens with one attached hydrogen (secondary N) is 3. The van der Waals surface area contributed by atoms with Crippen LogP contribution in [-0.2, 0) is 17.6 Å². The Bertz CT molecular complexity index is 1240. The second-order valence-corrected chi connectivity index (χ2v) is 8.85. The predicted molar refractivity (Wildman–Crippen MR) is 136 cm³/mol. The quantitative estimate of drug-likeness (QED) is 0.293. The SMILES string of the molecule is CN(CC(=O)O)C(=O)c1cnc(NNC(=S)NC2c3ccccc3CCc3ccncc32)c(Cl)c1. The summed E-state index contributed by atoms with van der Waals surface area (Å²) in [5.41, 5.74) is 10.6. The van der Waals surface area contributed by atoms with Crippen LogP contribution in [0.3, 0.4) is 0 Å². The van der Waals surface area contributed by atoms with Gasteiger partial charge in [-0.2, -0.15) is 0 Å². The van der Waals surface area contributed by atoms with Gasteiger partial charge in [-0.15, -0.1) is 0 Å². The largest absolute Gasteiger partial charge is 0.480 e. The molecule has 11 heteroatoms. The zero-order valence-corrected chi connectivity index (χ0v) is 20.4. The van der Waals surface area contributed by atoms with Crippen LogP contribution in [0, 0.1) is 0 Å². The minimum atomic E-state index is -1.11. The lowest BCUT2D eigenvalue weighted by Gasteiger charge is -2.23. The summed E-state index contributed by atoms with van der Waals surface area (Å²) in [4.78, 5) is 32.7. The molecule has 0 radical (unpaired) electrons. The summed E-state index contributed by atoms with van der Waals surface area (Å²) >= 11 is 11.8. The molecule has 1 aliphatic rings. The molecule has 1 amide bonds. The van der Waals surface area contributed by atoms with Crippen LogP contribution in [0.4, 0.5) is 5.82 Å². The van der Waals surface area contributed by atoms with E-state index in [9.17, 15) is 9.59 Å². The zero-order chi connectivity index (χ0) is 24.9. The van der Waals surface area contributed by atoms with Gasteiger partial charge in [0.05, 0.1) is 16.6 Å². The van der Waals surface area contributed by atoms with Gasteiger partial charge in [0.1, 0.15) is 6.54 Å². The number of pyridine rings is 2. The van der Waals surface area contributed by atoms with E-state index in [-0.39, 0.29) is 22.4 Å². The lowest BCUT2D eigenvalue weighted by molar-refractivity contribution is -0.137. The number of hydrogen-bond donors (Lipinski definition) is 4. The van der Waals surface area contributed by atoms with Crippen molar-refractivity contribution in [3.63, 3.8) is 0 Å².